The molecule has 6 heteroatoms. The van der Waals surface area contributed by atoms with Crippen LogP contribution in [0, 0.1) is 5.92 Å². The fourth-order valence-electron chi connectivity index (χ4n) is 3.61. The van der Waals surface area contributed by atoms with Gasteiger partial charge in [-0.1, -0.05) is 24.3 Å². The zero-order valence-corrected chi connectivity index (χ0v) is 15.2. The van der Waals surface area contributed by atoms with E-state index in [1.807, 2.05) is 42.5 Å². The van der Waals surface area contributed by atoms with Gasteiger partial charge in [-0.05, 0) is 67.0 Å². The minimum Gasteiger partial charge on any atom is -0.491 e. The Bertz CT molecular complexity index is 766. The lowest BCUT2D eigenvalue weighted by molar-refractivity contribution is 0.0645. The number of nitrogens with two attached hydrogens (primary N) is 2. The van der Waals surface area contributed by atoms with Crippen LogP contribution < -0.4 is 20.9 Å². The number of benzene rings is 2. The third kappa shape index (κ3) is 5.21. The van der Waals surface area contributed by atoms with Crippen LogP contribution in [0.4, 0.5) is 4.79 Å². The molecule has 2 aromatic rings. The zero-order chi connectivity index (χ0) is 19.2. The third-order valence-electron chi connectivity index (χ3n) is 5.05. The summed E-state index contributed by atoms with van der Waals surface area (Å²) in [7, 11) is 0. The number of fused-ring (bicyclic) bond motifs is 1. The number of aliphatic hydroxyl groups excluding tert-OH is 1. The molecule has 1 amide bonds. The molecule has 0 heterocycles. The Hall–Kier alpha value is -2.57. The molecule has 2 unspecified atom stereocenters. The van der Waals surface area contributed by atoms with Crippen LogP contribution in [0.2, 0.25) is 0 Å². The van der Waals surface area contributed by atoms with E-state index < -0.39 is 18.2 Å². The lowest BCUT2D eigenvalue weighted by Gasteiger charge is -2.27. The van der Waals surface area contributed by atoms with Crippen LogP contribution in [0.25, 0.3) is 0 Å². The molecular formula is C21H26N2O4. The van der Waals surface area contributed by atoms with Crippen molar-refractivity contribution in [1.29, 1.82) is 0 Å². The molecule has 144 valence electrons. The van der Waals surface area contributed by atoms with Gasteiger partial charge in [-0.15, -0.1) is 0 Å². The van der Waals surface area contributed by atoms with Gasteiger partial charge in [0.15, 0.2) is 0 Å². The number of carbonyl (C=O) groups is 1. The number of para-hydroxylation sites is 1. The molecule has 3 rings (SSSR count). The van der Waals surface area contributed by atoms with Gasteiger partial charge in [0, 0.05) is 6.04 Å². The van der Waals surface area contributed by atoms with E-state index in [9.17, 15) is 9.90 Å². The van der Waals surface area contributed by atoms with Gasteiger partial charge in [-0.25, -0.2) is 4.79 Å². The highest BCUT2D eigenvalue weighted by Crippen LogP contribution is 2.30. The Balaban J connectivity index is 1.64. The van der Waals surface area contributed by atoms with E-state index in [0.29, 0.717) is 11.5 Å². The molecule has 1 aliphatic carbocycles. The first kappa shape index (κ1) is 19.2. The van der Waals surface area contributed by atoms with Crippen molar-refractivity contribution in [3.63, 3.8) is 0 Å². The molecule has 0 saturated carbocycles. The van der Waals surface area contributed by atoms with Gasteiger partial charge in [-0.3, -0.25) is 0 Å². The fraction of sp³-hybridized carbons (Fsp3) is 0.381. The van der Waals surface area contributed by atoms with Crippen LogP contribution in [-0.4, -0.2) is 30.0 Å². The minimum atomic E-state index is -0.828. The van der Waals surface area contributed by atoms with Gasteiger partial charge in [0.25, 0.3) is 0 Å². The zero-order valence-electron chi connectivity index (χ0n) is 15.2. The summed E-state index contributed by atoms with van der Waals surface area (Å²) in [5.74, 6) is 1.26. The second-order valence-electron chi connectivity index (χ2n) is 6.98. The maximum absolute atomic E-state index is 11.0. The predicted octanol–water partition coefficient (Wildman–Crippen LogP) is 2.41. The molecule has 0 bridgehead atoms. The molecule has 0 aliphatic heterocycles. The molecule has 3 atom stereocenters. The van der Waals surface area contributed by atoms with Crippen molar-refractivity contribution >= 4 is 6.09 Å². The molecule has 1 aliphatic rings. The second-order valence-corrected chi connectivity index (χ2v) is 6.98. The summed E-state index contributed by atoms with van der Waals surface area (Å²) in [4.78, 5) is 11.0. The van der Waals surface area contributed by atoms with Gasteiger partial charge < -0.3 is 26.0 Å². The first-order valence-electron chi connectivity index (χ1n) is 9.23. The SMILES string of the molecule is NC(=O)Oc1ccc2c(c1)CC(C(N)[C@H](O)COc1ccccc1)CCC2. The predicted molar refractivity (Wildman–Crippen MR) is 103 cm³/mol. The van der Waals surface area contributed by atoms with Crippen molar-refractivity contribution in [3.05, 3.63) is 59.7 Å². The Morgan fingerprint density at radius 2 is 1.93 bits per heavy atom. The molecule has 0 radical (unpaired) electrons. The van der Waals surface area contributed by atoms with E-state index in [0.717, 1.165) is 31.2 Å². The lowest BCUT2D eigenvalue weighted by atomic mass is 9.87. The van der Waals surface area contributed by atoms with Gasteiger partial charge in [0.05, 0.1) is 0 Å². The number of aliphatic hydroxyl groups is 1. The molecule has 0 fully saturated rings. The van der Waals surface area contributed by atoms with E-state index in [-0.39, 0.29) is 12.5 Å². The van der Waals surface area contributed by atoms with Gasteiger partial charge in [0.2, 0.25) is 0 Å². The maximum atomic E-state index is 11.0. The van der Waals surface area contributed by atoms with Crippen LogP contribution in [0.3, 0.4) is 0 Å². The number of primary amides is 1. The molecule has 2 aromatic carbocycles. The van der Waals surface area contributed by atoms with E-state index in [4.69, 9.17) is 20.9 Å². The minimum absolute atomic E-state index is 0.115. The molecule has 0 aromatic heterocycles. The number of ether oxygens (including phenoxy) is 2. The summed E-state index contributed by atoms with van der Waals surface area (Å²) < 4.78 is 10.6. The molecular weight excluding hydrogens is 344 g/mol. The van der Waals surface area contributed by atoms with E-state index in [2.05, 4.69) is 0 Å². The topological polar surface area (TPSA) is 108 Å². The number of aryl methyl sites for hydroxylation is 1. The summed E-state index contributed by atoms with van der Waals surface area (Å²) in [6.45, 7) is 0.152. The van der Waals surface area contributed by atoms with Crippen molar-refractivity contribution in [2.75, 3.05) is 6.61 Å². The standard InChI is InChI=1S/C21H26N2O4/c22-20(19(24)13-26-17-7-2-1-3-8-17)15-6-4-5-14-9-10-18(27-21(23)25)12-16(14)11-15/h1-3,7-10,12,15,19-20,24H,4-6,11,13,22H2,(H2,23,25)/t15?,19-,20?/m1/s1. The summed E-state index contributed by atoms with van der Waals surface area (Å²) in [5.41, 5.74) is 13.8. The summed E-state index contributed by atoms with van der Waals surface area (Å²) >= 11 is 0. The Kier molecular flexibility index (Phi) is 6.32. The number of carbonyl (C=O) groups excluding carboxylic acids is 1. The van der Waals surface area contributed by atoms with E-state index >= 15 is 0 Å². The molecule has 0 saturated heterocycles. The fourth-order valence-corrected chi connectivity index (χ4v) is 3.61. The maximum Gasteiger partial charge on any atom is 0.409 e. The van der Waals surface area contributed by atoms with Gasteiger partial charge in [-0.2, -0.15) is 0 Å². The Morgan fingerprint density at radius 1 is 1.15 bits per heavy atom. The smallest absolute Gasteiger partial charge is 0.409 e. The number of hydrogen-bond donors (Lipinski definition) is 3. The average Bonchev–Trinajstić information content (AvgIpc) is 2.87. The summed E-state index contributed by atoms with van der Waals surface area (Å²) in [6, 6.07) is 14.5. The van der Waals surface area contributed by atoms with Crippen molar-refractivity contribution < 1.29 is 19.4 Å². The quantitative estimate of drug-likeness (QED) is 0.677. The van der Waals surface area contributed by atoms with Crippen molar-refractivity contribution in [2.24, 2.45) is 17.4 Å². The van der Waals surface area contributed by atoms with Crippen LogP contribution in [0.1, 0.15) is 24.0 Å². The highest BCUT2D eigenvalue weighted by atomic mass is 16.5. The van der Waals surface area contributed by atoms with Crippen molar-refractivity contribution in [3.8, 4) is 11.5 Å². The number of hydrogen-bond acceptors (Lipinski definition) is 5. The Morgan fingerprint density at radius 3 is 2.67 bits per heavy atom. The van der Waals surface area contributed by atoms with Crippen LogP contribution in [0.5, 0.6) is 11.5 Å². The average molecular weight is 370 g/mol. The van der Waals surface area contributed by atoms with E-state index in [1.165, 1.54) is 5.56 Å². The molecule has 5 N–H and O–H groups in total. The second kappa shape index (κ2) is 8.88. The summed E-state index contributed by atoms with van der Waals surface area (Å²) in [5, 5.41) is 10.5. The molecule has 0 spiro atoms. The van der Waals surface area contributed by atoms with Crippen LogP contribution >= 0.6 is 0 Å². The monoisotopic (exact) mass is 370 g/mol. The van der Waals surface area contributed by atoms with Crippen LogP contribution in [-0.2, 0) is 12.8 Å². The largest absolute Gasteiger partial charge is 0.491 e. The van der Waals surface area contributed by atoms with Gasteiger partial charge >= 0.3 is 6.09 Å². The first-order valence-corrected chi connectivity index (χ1v) is 9.23. The lowest BCUT2D eigenvalue weighted by Crippen LogP contribution is -2.45. The van der Waals surface area contributed by atoms with Crippen molar-refractivity contribution in [2.45, 2.75) is 37.8 Å². The molecule has 6 nitrogen and oxygen atoms in total. The van der Waals surface area contributed by atoms with Crippen LogP contribution in [0.15, 0.2) is 48.5 Å². The third-order valence-corrected chi connectivity index (χ3v) is 5.05. The first-order chi connectivity index (χ1) is 13.0. The summed E-state index contributed by atoms with van der Waals surface area (Å²) in [6.07, 6.45) is 1.98. The van der Waals surface area contributed by atoms with Gasteiger partial charge in [0.1, 0.15) is 24.2 Å². The Labute approximate surface area is 159 Å². The normalized spacial score (nSPS) is 18.7. The highest BCUT2D eigenvalue weighted by Gasteiger charge is 2.28. The van der Waals surface area contributed by atoms with Crippen molar-refractivity contribution in [1.82, 2.24) is 0 Å². The van der Waals surface area contributed by atoms with E-state index in [1.54, 1.807) is 6.07 Å². The highest BCUT2D eigenvalue weighted by molar-refractivity contribution is 5.68. The molecule has 27 heavy (non-hydrogen) atoms. The number of rotatable bonds is 6. The number of amides is 1.